The molecule has 11 aromatic rings. The molecule has 0 N–H and O–H groups in total. The number of hydrogen-bond acceptors (Lipinski definition) is 3. The van der Waals surface area contributed by atoms with Crippen molar-refractivity contribution in [3.8, 4) is 67.3 Å². The molecule has 2 heterocycles. The Bertz CT molecular complexity index is 3400. The van der Waals surface area contributed by atoms with Gasteiger partial charge in [0.15, 0.2) is 5.82 Å². The summed E-state index contributed by atoms with van der Waals surface area (Å²) in [6.45, 7) is 0. The molecule has 0 aliphatic heterocycles. The molecule has 290 valence electrons. The lowest BCUT2D eigenvalue weighted by atomic mass is 9.67. The Balaban J connectivity index is 0.959. The number of nitrogens with zero attached hydrogens (tertiary/aromatic N) is 2. The van der Waals surface area contributed by atoms with E-state index in [1.807, 2.05) is 29.5 Å². The summed E-state index contributed by atoms with van der Waals surface area (Å²) in [5.41, 5.74) is 16.8. The molecule has 0 bridgehead atoms. The summed E-state index contributed by atoms with van der Waals surface area (Å²) in [5, 5.41) is 2.60. The van der Waals surface area contributed by atoms with Crippen LogP contribution < -0.4 is 0 Å². The van der Waals surface area contributed by atoms with E-state index in [0.717, 1.165) is 33.6 Å². The number of hydrogen-bond donors (Lipinski definition) is 0. The van der Waals surface area contributed by atoms with Crippen molar-refractivity contribution in [1.82, 2.24) is 9.97 Å². The van der Waals surface area contributed by atoms with Crippen LogP contribution >= 0.6 is 11.3 Å². The molecule has 1 aliphatic carbocycles. The summed E-state index contributed by atoms with van der Waals surface area (Å²) in [6.07, 6.45) is 0. The summed E-state index contributed by atoms with van der Waals surface area (Å²) >= 11 is 1.85. The molecule has 9 aromatic carbocycles. The molecule has 0 fully saturated rings. The number of thiophene rings is 1. The van der Waals surface area contributed by atoms with Gasteiger partial charge in [-0.25, -0.2) is 9.97 Å². The van der Waals surface area contributed by atoms with E-state index >= 15 is 0 Å². The van der Waals surface area contributed by atoms with Crippen LogP contribution in [0.2, 0.25) is 0 Å². The highest BCUT2D eigenvalue weighted by Crippen LogP contribution is 2.56. The second-order valence-electron chi connectivity index (χ2n) is 16.1. The van der Waals surface area contributed by atoms with Crippen LogP contribution in [0.5, 0.6) is 0 Å². The van der Waals surface area contributed by atoms with Gasteiger partial charge in [-0.15, -0.1) is 11.3 Å². The molecule has 3 heteroatoms. The van der Waals surface area contributed by atoms with E-state index < -0.39 is 5.41 Å². The lowest BCUT2D eigenvalue weighted by molar-refractivity contribution is 0.769. The Kier molecular flexibility index (Phi) is 8.62. The fourth-order valence-electron chi connectivity index (χ4n) is 9.78. The molecule has 62 heavy (non-hydrogen) atoms. The quantitative estimate of drug-likeness (QED) is 0.160. The topological polar surface area (TPSA) is 25.8 Å². The molecule has 0 spiro atoms. The van der Waals surface area contributed by atoms with Gasteiger partial charge in [-0.3, -0.25) is 0 Å². The molecule has 0 saturated heterocycles. The molecule has 1 aliphatic rings. The number of benzene rings is 9. The van der Waals surface area contributed by atoms with Gasteiger partial charge in [-0.1, -0.05) is 200 Å². The largest absolute Gasteiger partial charge is 0.228 e. The Morgan fingerprint density at radius 2 is 0.871 bits per heavy atom. The summed E-state index contributed by atoms with van der Waals surface area (Å²) < 4.78 is 2.60. The van der Waals surface area contributed by atoms with E-state index in [9.17, 15) is 0 Å². The highest BCUT2D eigenvalue weighted by Gasteiger charge is 2.46. The Labute approximate surface area is 365 Å². The van der Waals surface area contributed by atoms with Gasteiger partial charge in [0.1, 0.15) is 0 Å². The van der Waals surface area contributed by atoms with Crippen LogP contribution in [-0.2, 0) is 5.41 Å². The fourth-order valence-corrected chi connectivity index (χ4v) is 10.9. The highest BCUT2D eigenvalue weighted by atomic mass is 32.1. The van der Waals surface area contributed by atoms with Gasteiger partial charge in [-0.2, -0.15) is 0 Å². The average molecular weight is 807 g/mol. The van der Waals surface area contributed by atoms with Crippen LogP contribution in [0.1, 0.15) is 22.3 Å². The second kappa shape index (κ2) is 14.8. The Morgan fingerprint density at radius 1 is 0.323 bits per heavy atom. The van der Waals surface area contributed by atoms with Crippen molar-refractivity contribution in [1.29, 1.82) is 0 Å². The lowest BCUT2D eigenvalue weighted by Crippen LogP contribution is -2.28. The monoisotopic (exact) mass is 806 g/mol. The standard InChI is InChI=1S/C59H38N2S/c1-4-16-41(17-5-1)58-60-53(38-54(61-58)44-19-14-18-43(36-44)47-26-15-29-56-57(47)50-25-11-13-28-55(50)62-56)40-32-30-39(31-33-40)42-34-35-49-48-24-10-12-27-51(48)59(52(49)37-42,45-20-6-2-7-21-45)46-22-8-3-9-23-46/h1-38H. The Morgan fingerprint density at radius 3 is 1.65 bits per heavy atom. The first-order valence-corrected chi connectivity index (χ1v) is 22.0. The fraction of sp³-hybridized carbons (Fsp3) is 0.0169. The predicted octanol–water partition coefficient (Wildman–Crippen LogP) is 15.5. The van der Waals surface area contributed by atoms with Crippen molar-refractivity contribution < 1.29 is 0 Å². The maximum atomic E-state index is 5.21. The van der Waals surface area contributed by atoms with Crippen molar-refractivity contribution in [2.24, 2.45) is 0 Å². The molecule has 2 nitrogen and oxygen atoms in total. The average Bonchev–Trinajstić information content (AvgIpc) is 3.89. The normalized spacial score (nSPS) is 12.6. The van der Waals surface area contributed by atoms with E-state index in [2.05, 4.69) is 212 Å². The van der Waals surface area contributed by atoms with Gasteiger partial charge in [0.2, 0.25) is 0 Å². The summed E-state index contributed by atoms with van der Waals surface area (Å²) in [5.74, 6) is 0.704. The van der Waals surface area contributed by atoms with Crippen LogP contribution in [0.25, 0.3) is 87.5 Å². The van der Waals surface area contributed by atoms with Gasteiger partial charge in [0.25, 0.3) is 0 Å². The zero-order valence-electron chi connectivity index (χ0n) is 33.7. The SMILES string of the molecule is c1ccc(-c2nc(-c3ccc(-c4ccc5c(c4)C(c4ccccc4)(c4ccccc4)c4ccccc4-5)cc3)cc(-c3cccc(-c4cccc5sc6ccccc6c45)c3)n2)cc1. The van der Waals surface area contributed by atoms with Crippen molar-refractivity contribution in [2.75, 3.05) is 0 Å². The third-order valence-corrected chi connectivity index (χ3v) is 13.7. The molecule has 0 radical (unpaired) electrons. The van der Waals surface area contributed by atoms with Crippen molar-refractivity contribution in [3.63, 3.8) is 0 Å². The number of rotatable bonds is 7. The molecule has 12 rings (SSSR count). The van der Waals surface area contributed by atoms with E-state index in [0.29, 0.717) is 5.82 Å². The van der Waals surface area contributed by atoms with Crippen LogP contribution in [-0.4, -0.2) is 9.97 Å². The smallest absolute Gasteiger partial charge is 0.160 e. The van der Waals surface area contributed by atoms with Crippen LogP contribution in [0.15, 0.2) is 231 Å². The zero-order chi connectivity index (χ0) is 41.0. The van der Waals surface area contributed by atoms with Crippen LogP contribution in [0.3, 0.4) is 0 Å². The lowest BCUT2D eigenvalue weighted by Gasteiger charge is -2.34. The minimum atomic E-state index is -0.448. The van der Waals surface area contributed by atoms with Crippen molar-refractivity contribution in [2.45, 2.75) is 5.41 Å². The van der Waals surface area contributed by atoms with E-state index in [4.69, 9.17) is 9.97 Å². The van der Waals surface area contributed by atoms with Gasteiger partial charge in [0.05, 0.1) is 16.8 Å². The summed E-state index contributed by atoms with van der Waals surface area (Å²) in [7, 11) is 0. The second-order valence-corrected chi connectivity index (χ2v) is 17.1. The molecule has 0 unspecified atom stereocenters. The van der Waals surface area contributed by atoms with Crippen molar-refractivity contribution >= 4 is 31.5 Å². The van der Waals surface area contributed by atoms with Crippen LogP contribution in [0.4, 0.5) is 0 Å². The van der Waals surface area contributed by atoms with Gasteiger partial charge in [0, 0.05) is 36.9 Å². The number of fused-ring (bicyclic) bond motifs is 6. The summed E-state index contributed by atoms with van der Waals surface area (Å²) in [4.78, 5) is 10.4. The van der Waals surface area contributed by atoms with Crippen molar-refractivity contribution in [3.05, 3.63) is 253 Å². The first-order valence-electron chi connectivity index (χ1n) is 21.1. The van der Waals surface area contributed by atoms with E-state index in [1.165, 1.54) is 70.2 Å². The Hall–Kier alpha value is -7.72. The number of aromatic nitrogens is 2. The third kappa shape index (κ3) is 5.85. The zero-order valence-corrected chi connectivity index (χ0v) is 34.6. The predicted molar refractivity (Wildman–Crippen MR) is 259 cm³/mol. The third-order valence-electron chi connectivity index (χ3n) is 12.6. The van der Waals surface area contributed by atoms with Gasteiger partial charge >= 0.3 is 0 Å². The molecular weight excluding hydrogens is 769 g/mol. The maximum Gasteiger partial charge on any atom is 0.160 e. The minimum Gasteiger partial charge on any atom is -0.228 e. The van der Waals surface area contributed by atoms with Crippen LogP contribution in [0, 0.1) is 0 Å². The summed E-state index contributed by atoms with van der Waals surface area (Å²) in [6, 6.07) is 83.4. The molecule has 0 saturated carbocycles. The molecule has 2 aromatic heterocycles. The highest BCUT2D eigenvalue weighted by molar-refractivity contribution is 7.25. The van der Waals surface area contributed by atoms with Gasteiger partial charge in [-0.05, 0) is 86.0 Å². The molecule has 0 amide bonds. The van der Waals surface area contributed by atoms with E-state index in [-0.39, 0.29) is 0 Å². The molecule has 0 atom stereocenters. The van der Waals surface area contributed by atoms with E-state index in [1.54, 1.807) is 0 Å². The van der Waals surface area contributed by atoms with Gasteiger partial charge < -0.3 is 0 Å². The molecular formula is C59H38N2S. The minimum absolute atomic E-state index is 0.448. The first-order chi connectivity index (χ1) is 30.7. The first kappa shape index (κ1) is 36.2. The maximum absolute atomic E-state index is 5.21.